The molecule has 0 radical (unpaired) electrons. The highest BCUT2D eigenvalue weighted by Gasteiger charge is 2.65. The van der Waals surface area contributed by atoms with Gasteiger partial charge in [0.1, 0.15) is 0 Å². The number of rotatable bonds is 1. The van der Waals surface area contributed by atoms with Gasteiger partial charge in [-0.15, -0.1) is 0 Å². The van der Waals surface area contributed by atoms with Gasteiger partial charge in [-0.1, -0.05) is 20.8 Å². The smallest absolute Gasteiger partial charge is 0.0218 e. The molecule has 1 heteroatoms. The van der Waals surface area contributed by atoms with E-state index in [1.54, 1.807) is 0 Å². The van der Waals surface area contributed by atoms with Crippen LogP contribution in [0.5, 0.6) is 0 Å². The van der Waals surface area contributed by atoms with Crippen molar-refractivity contribution in [2.75, 3.05) is 0 Å². The van der Waals surface area contributed by atoms with E-state index in [-0.39, 0.29) is 5.54 Å². The van der Waals surface area contributed by atoms with Crippen LogP contribution < -0.4 is 5.73 Å². The Bertz CT molecular complexity index is 174. The molecule has 0 amide bonds. The van der Waals surface area contributed by atoms with Gasteiger partial charge in [-0.3, -0.25) is 0 Å². The minimum atomic E-state index is 0.253. The molecule has 2 aliphatic rings. The molecule has 2 rings (SSSR count). The number of nitrogens with two attached hydrogens (primary N) is 1. The summed E-state index contributed by atoms with van der Waals surface area (Å²) in [5.74, 6) is 1.62. The minimum absolute atomic E-state index is 0.253. The van der Waals surface area contributed by atoms with Gasteiger partial charge in [0, 0.05) is 5.54 Å². The van der Waals surface area contributed by atoms with Crippen LogP contribution in [0, 0.1) is 17.3 Å². The van der Waals surface area contributed by atoms with Crippen LogP contribution in [0.3, 0.4) is 0 Å². The zero-order valence-corrected chi connectivity index (χ0v) is 7.15. The van der Waals surface area contributed by atoms with Gasteiger partial charge in [0.15, 0.2) is 0 Å². The Morgan fingerprint density at radius 2 is 1.70 bits per heavy atom. The minimum Gasteiger partial charge on any atom is -0.325 e. The molecule has 2 saturated carbocycles. The van der Waals surface area contributed by atoms with Crippen molar-refractivity contribution in [1.82, 2.24) is 0 Å². The van der Waals surface area contributed by atoms with E-state index in [1.807, 2.05) is 0 Å². The first-order valence-electron chi connectivity index (χ1n) is 4.26. The van der Waals surface area contributed by atoms with Crippen LogP contribution in [0.1, 0.15) is 33.6 Å². The second-order valence-electron chi connectivity index (χ2n) is 4.96. The first-order valence-corrected chi connectivity index (χ1v) is 4.26. The predicted molar refractivity (Wildman–Crippen MR) is 42.6 cm³/mol. The summed E-state index contributed by atoms with van der Waals surface area (Å²) in [6.45, 7) is 6.93. The molecule has 0 bridgehead atoms. The zero-order valence-electron chi connectivity index (χ0n) is 7.15. The van der Waals surface area contributed by atoms with Crippen LogP contribution in [0.15, 0.2) is 0 Å². The lowest BCUT2D eigenvalue weighted by Crippen LogP contribution is -2.29. The van der Waals surface area contributed by atoms with E-state index in [0.29, 0.717) is 5.41 Å². The largest absolute Gasteiger partial charge is 0.325 e. The Balaban J connectivity index is 2.05. The normalized spacial score (nSPS) is 56.4. The third-order valence-electron chi connectivity index (χ3n) is 3.58. The summed E-state index contributed by atoms with van der Waals surface area (Å²) in [5.41, 5.74) is 6.99. The molecule has 3 atom stereocenters. The van der Waals surface area contributed by atoms with Crippen molar-refractivity contribution >= 4 is 0 Å². The molecule has 2 N–H and O–H groups in total. The van der Waals surface area contributed by atoms with Crippen molar-refractivity contribution in [3.05, 3.63) is 0 Å². The van der Waals surface area contributed by atoms with Gasteiger partial charge in [-0.25, -0.2) is 0 Å². The molecular formula is C9H17N. The summed E-state index contributed by atoms with van der Waals surface area (Å²) < 4.78 is 0. The average Bonchev–Trinajstić information content (AvgIpc) is 2.54. The lowest BCUT2D eigenvalue weighted by molar-refractivity contribution is 0.445. The summed E-state index contributed by atoms with van der Waals surface area (Å²) in [4.78, 5) is 0. The van der Waals surface area contributed by atoms with Crippen LogP contribution in [-0.4, -0.2) is 5.54 Å². The quantitative estimate of drug-likeness (QED) is 0.588. The first kappa shape index (κ1) is 6.66. The Labute approximate surface area is 63.0 Å². The van der Waals surface area contributed by atoms with Gasteiger partial charge >= 0.3 is 0 Å². The van der Waals surface area contributed by atoms with Gasteiger partial charge < -0.3 is 5.73 Å². The van der Waals surface area contributed by atoms with E-state index in [9.17, 15) is 0 Å². The molecule has 0 spiro atoms. The Morgan fingerprint density at radius 3 is 1.80 bits per heavy atom. The van der Waals surface area contributed by atoms with Crippen LogP contribution in [-0.2, 0) is 0 Å². The van der Waals surface area contributed by atoms with E-state index < -0.39 is 0 Å². The summed E-state index contributed by atoms with van der Waals surface area (Å²) in [7, 11) is 0. The van der Waals surface area contributed by atoms with Gasteiger partial charge in [-0.05, 0) is 30.1 Å². The van der Waals surface area contributed by atoms with Gasteiger partial charge in [0.05, 0.1) is 0 Å². The zero-order chi connectivity index (χ0) is 7.57. The van der Waals surface area contributed by atoms with E-state index in [2.05, 4.69) is 20.8 Å². The predicted octanol–water partition coefficient (Wildman–Crippen LogP) is 1.77. The summed E-state index contributed by atoms with van der Waals surface area (Å²) >= 11 is 0. The molecule has 0 aliphatic heterocycles. The number of hydrogen-bond acceptors (Lipinski definition) is 1. The molecule has 3 unspecified atom stereocenters. The average molecular weight is 139 g/mol. The fraction of sp³-hybridized carbons (Fsp3) is 1.00. The maximum atomic E-state index is 6.17. The molecule has 0 aromatic carbocycles. The molecule has 1 nitrogen and oxygen atoms in total. The maximum Gasteiger partial charge on any atom is 0.0218 e. The van der Waals surface area contributed by atoms with E-state index >= 15 is 0 Å². The monoisotopic (exact) mass is 139 g/mol. The fourth-order valence-electron chi connectivity index (χ4n) is 2.34. The van der Waals surface area contributed by atoms with Crippen LogP contribution in [0.25, 0.3) is 0 Å². The maximum absolute atomic E-state index is 6.17. The third kappa shape index (κ3) is 0.672. The lowest BCUT2D eigenvalue weighted by Gasteiger charge is -2.11. The second kappa shape index (κ2) is 1.42. The Kier molecular flexibility index (Phi) is 0.949. The molecule has 10 heavy (non-hydrogen) atoms. The third-order valence-corrected chi connectivity index (χ3v) is 3.58. The molecule has 2 fully saturated rings. The van der Waals surface area contributed by atoms with Crippen LogP contribution in [0.2, 0.25) is 0 Å². The SMILES string of the molecule is CC1CC1(N)C1CC1(C)C. The lowest BCUT2D eigenvalue weighted by atomic mass is 10.0. The Morgan fingerprint density at radius 1 is 1.30 bits per heavy atom. The molecule has 0 heterocycles. The van der Waals surface area contributed by atoms with Gasteiger partial charge in [0.25, 0.3) is 0 Å². The summed E-state index contributed by atoms with van der Waals surface area (Å²) in [6.07, 6.45) is 2.62. The van der Waals surface area contributed by atoms with Crippen molar-refractivity contribution in [1.29, 1.82) is 0 Å². The van der Waals surface area contributed by atoms with E-state index in [1.165, 1.54) is 12.8 Å². The fourth-order valence-corrected chi connectivity index (χ4v) is 2.34. The molecule has 2 aliphatic carbocycles. The van der Waals surface area contributed by atoms with Crippen molar-refractivity contribution in [3.63, 3.8) is 0 Å². The highest BCUT2D eigenvalue weighted by molar-refractivity contribution is 5.19. The van der Waals surface area contributed by atoms with Crippen molar-refractivity contribution < 1.29 is 0 Å². The van der Waals surface area contributed by atoms with Crippen LogP contribution in [0.4, 0.5) is 0 Å². The molecular weight excluding hydrogens is 122 g/mol. The second-order valence-corrected chi connectivity index (χ2v) is 4.96. The standard InChI is InChI=1S/C9H17N/c1-6-4-9(6,10)7-5-8(7,2)3/h6-7H,4-5,10H2,1-3H3. The van der Waals surface area contributed by atoms with Crippen molar-refractivity contribution in [2.24, 2.45) is 23.0 Å². The molecule has 58 valence electrons. The van der Waals surface area contributed by atoms with Gasteiger partial charge in [0.2, 0.25) is 0 Å². The summed E-state index contributed by atoms with van der Waals surface area (Å²) in [5, 5.41) is 0. The Hall–Kier alpha value is -0.0400. The van der Waals surface area contributed by atoms with Crippen LogP contribution >= 0.6 is 0 Å². The van der Waals surface area contributed by atoms with Crippen molar-refractivity contribution in [3.8, 4) is 0 Å². The van der Waals surface area contributed by atoms with Gasteiger partial charge in [-0.2, -0.15) is 0 Å². The molecule has 0 saturated heterocycles. The first-order chi connectivity index (χ1) is 4.47. The van der Waals surface area contributed by atoms with Crippen molar-refractivity contribution in [2.45, 2.75) is 39.2 Å². The molecule has 0 aromatic rings. The topological polar surface area (TPSA) is 26.0 Å². The van der Waals surface area contributed by atoms with E-state index in [4.69, 9.17) is 5.73 Å². The van der Waals surface area contributed by atoms with E-state index in [0.717, 1.165) is 11.8 Å². The molecule has 0 aromatic heterocycles. The number of hydrogen-bond donors (Lipinski definition) is 1. The summed E-state index contributed by atoms with van der Waals surface area (Å²) in [6, 6.07) is 0. The highest BCUT2D eigenvalue weighted by Crippen LogP contribution is 2.65. The highest BCUT2D eigenvalue weighted by atomic mass is 14.9.